The first-order valence-corrected chi connectivity index (χ1v) is 12.5. The van der Waals surface area contributed by atoms with Crippen LogP contribution in [0.3, 0.4) is 0 Å². The second kappa shape index (κ2) is 9.17. The highest BCUT2D eigenvalue weighted by Crippen LogP contribution is 2.54. The molecule has 3 atom stereocenters. The molecule has 0 radical (unpaired) electrons. The number of rotatable bonds is 8. The van der Waals surface area contributed by atoms with Crippen LogP contribution in [0.4, 0.5) is 0 Å². The zero-order valence-electron chi connectivity index (χ0n) is 19.5. The van der Waals surface area contributed by atoms with Gasteiger partial charge in [0.2, 0.25) is 0 Å². The molecule has 3 heterocycles. The van der Waals surface area contributed by atoms with E-state index in [4.69, 9.17) is 32.5 Å². The lowest BCUT2D eigenvalue weighted by atomic mass is 9.51. The Morgan fingerprint density at radius 3 is 2.35 bits per heavy atom. The number of carbonyl (C=O) groups is 4. The summed E-state index contributed by atoms with van der Waals surface area (Å²) in [5, 5.41) is 3.18. The summed E-state index contributed by atoms with van der Waals surface area (Å²) >= 11 is 12.0. The molecule has 11 heteroatoms. The zero-order chi connectivity index (χ0) is 24.8. The minimum atomic E-state index is -2.40. The van der Waals surface area contributed by atoms with Gasteiger partial charge in [-0.1, -0.05) is 43.5 Å². The van der Waals surface area contributed by atoms with Crippen molar-refractivity contribution in [3.05, 3.63) is 33.8 Å². The molecule has 0 saturated carbocycles. The van der Waals surface area contributed by atoms with Gasteiger partial charge in [0, 0.05) is 24.9 Å². The smallest absolute Gasteiger partial charge is 0.587 e. The predicted octanol–water partition coefficient (Wildman–Crippen LogP) is 3.52. The van der Waals surface area contributed by atoms with Gasteiger partial charge in [-0.2, -0.15) is 0 Å². The Bertz CT molecular complexity index is 1020. The van der Waals surface area contributed by atoms with Gasteiger partial charge >= 0.3 is 18.6 Å². The number of hydrogen-bond donors (Lipinski definition) is 1. The van der Waals surface area contributed by atoms with Gasteiger partial charge in [0.1, 0.15) is 17.9 Å². The van der Waals surface area contributed by atoms with E-state index in [0.29, 0.717) is 24.3 Å². The number of hydrogen-bond acceptors (Lipinski definition) is 6. The minimum Gasteiger partial charge on any atom is -0.600 e. The van der Waals surface area contributed by atoms with Crippen LogP contribution in [0.15, 0.2) is 18.2 Å². The van der Waals surface area contributed by atoms with Crippen molar-refractivity contribution in [1.29, 1.82) is 0 Å². The normalized spacial score (nSPS) is 30.5. The molecular formula is C23H29BCl2N2O6. The van der Waals surface area contributed by atoms with E-state index in [1.807, 2.05) is 20.9 Å². The van der Waals surface area contributed by atoms with Gasteiger partial charge in [0.25, 0.3) is 5.91 Å². The minimum absolute atomic E-state index is 0.00950. The van der Waals surface area contributed by atoms with Crippen molar-refractivity contribution in [2.24, 2.45) is 5.92 Å². The standard InChI is InChI=1S/C23H29BCl2N2O6/c1-13(2)9-14(10-16(29)12-27-21(30)17-11-15(25)7-8-18(17)26)24-28(3)19(22(31)33-24)5-4-6-20(28)23(32)34-24/h7-8,11,13-14,19-20H,4-6,9-10,12H2,1-3H3,(H,27,30)/t14-,19-,20-,24?,28?/m1/s1. The summed E-state index contributed by atoms with van der Waals surface area (Å²) in [6.45, 7) is 1.38. The SMILES string of the molecule is CC(C)C[C@H](CC(=O)CNC(=O)c1cc(Cl)ccc1Cl)[B-]12OC(=O)[C@H]3CCC[C@H](C(=O)O1)[N+]32C. The first kappa shape index (κ1) is 25.0. The van der Waals surface area contributed by atoms with Crippen molar-refractivity contribution in [2.75, 3.05) is 13.6 Å². The summed E-state index contributed by atoms with van der Waals surface area (Å²) in [7, 11) is 1.87. The topological polar surface area (TPSA) is 98.8 Å². The number of Topliss-reactive ketones (excluding diaryl/α,β-unsaturated/α-hetero) is 1. The number of benzene rings is 1. The fraction of sp³-hybridized carbons (Fsp3) is 0.565. The maximum Gasteiger partial charge on any atom is 0.587 e. The van der Waals surface area contributed by atoms with Crippen LogP contribution in [-0.2, 0) is 23.7 Å². The molecule has 3 aliphatic heterocycles. The number of nitrogens with zero attached hydrogens (tertiary/aromatic N) is 1. The molecule has 1 amide bonds. The van der Waals surface area contributed by atoms with Gasteiger partial charge < -0.3 is 19.0 Å². The molecular weight excluding hydrogens is 482 g/mol. The number of amides is 1. The molecule has 34 heavy (non-hydrogen) atoms. The molecule has 8 nitrogen and oxygen atoms in total. The number of carbonyl (C=O) groups excluding carboxylic acids is 4. The Morgan fingerprint density at radius 1 is 1.15 bits per heavy atom. The zero-order valence-corrected chi connectivity index (χ0v) is 21.0. The van der Waals surface area contributed by atoms with E-state index in [-0.39, 0.29) is 51.6 Å². The summed E-state index contributed by atoms with van der Waals surface area (Å²) in [6.07, 6.45) is 2.56. The molecule has 1 aromatic carbocycles. The number of ketones is 1. The summed E-state index contributed by atoms with van der Waals surface area (Å²) in [6, 6.07) is 3.60. The maximum atomic E-state index is 13.0. The molecule has 3 saturated heterocycles. The molecule has 4 rings (SSSR count). The van der Waals surface area contributed by atoms with E-state index in [1.165, 1.54) is 12.1 Å². The van der Waals surface area contributed by atoms with Crippen molar-refractivity contribution < 1.29 is 32.9 Å². The molecule has 0 aliphatic carbocycles. The van der Waals surface area contributed by atoms with Crippen LogP contribution in [0.1, 0.15) is 56.3 Å². The van der Waals surface area contributed by atoms with Crippen molar-refractivity contribution >= 4 is 53.5 Å². The highest BCUT2D eigenvalue weighted by atomic mass is 35.5. The lowest BCUT2D eigenvalue weighted by Crippen LogP contribution is -2.70. The third-order valence-corrected chi connectivity index (χ3v) is 8.23. The third-order valence-electron chi connectivity index (χ3n) is 7.67. The summed E-state index contributed by atoms with van der Waals surface area (Å²) < 4.78 is 12.0. The molecule has 1 aromatic rings. The lowest BCUT2D eigenvalue weighted by Gasteiger charge is -2.51. The Morgan fingerprint density at radius 2 is 1.76 bits per heavy atom. The van der Waals surface area contributed by atoms with Gasteiger partial charge in [0.15, 0.2) is 0 Å². The van der Waals surface area contributed by atoms with Crippen LogP contribution in [0, 0.1) is 5.92 Å². The first-order valence-electron chi connectivity index (χ1n) is 11.7. The van der Waals surface area contributed by atoms with Crippen molar-refractivity contribution in [2.45, 2.75) is 63.9 Å². The molecule has 0 bridgehead atoms. The van der Waals surface area contributed by atoms with Crippen LogP contribution < -0.4 is 5.32 Å². The predicted molar refractivity (Wildman–Crippen MR) is 127 cm³/mol. The fourth-order valence-electron chi connectivity index (χ4n) is 6.18. The van der Waals surface area contributed by atoms with E-state index in [9.17, 15) is 19.2 Å². The second-order valence-electron chi connectivity index (χ2n) is 10.2. The first-order chi connectivity index (χ1) is 16.0. The molecule has 0 aromatic heterocycles. The maximum absolute atomic E-state index is 13.0. The van der Waals surface area contributed by atoms with Crippen LogP contribution in [0.25, 0.3) is 0 Å². The fourth-order valence-corrected chi connectivity index (χ4v) is 6.55. The van der Waals surface area contributed by atoms with Crippen LogP contribution >= 0.6 is 23.2 Å². The van der Waals surface area contributed by atoms with E-state index in [0.717, 1.165) is 6.42 Å². The Hall–Kier alpha value is -2.10. The van der Waals surface area contributed by atoms with E-state index in [2.05, 4.69) is 5.32 Å². The van der Waals surface area contributed by atoms with Crippen LogP contribution in [0.2, 0.25) is 15.9 Å². The summed E-state index contributed by atoms with van der Waals surface area (Å²) in [5.74, 6) is -1.80. The molecule has 184 valence electrons. The monoisotopic (exact) mass is 510 g/mol. The Balaban J connectivity index is 1.54. The summed E-state index contributed by atoms with van der Waals surface area (Å²) in [4.78, 5) is 51.3. The van der Waals surface area contributed by atoms with E-state index >= 15 is 0 Å². The van der Waals surface area contributed by atoms with Crippen molar-refractivity contribution in [3.8, 4) is 0 Å². The van der Waals surface area contributed by atoms with Crippen LogP contribution in [0.5, 0.6) is 0 Å². The van der Waals surface area contributed by atoms with Gasteiger partial charge in [-0.05, 0) is 42.8 Å². The van der Waals surface area contributed by atoms with Gasteiger partial charge in [0.05, 0.1) is 17.1 Å². The summed E-state index contributed by atoms with van der Waals surface area (Å²) in [5.41, 5.74) is 0.176. The molecule has 0 unspecified atom stereocenters. The van der Waals surface area contributed by atoms with E-state index in [1.54, 1.807) is 6.07 Å². The van der Waals surface area contributed by atoms with Gasteiger partial charge in [-0.3, -0.25) is 9.59 Å². The Kier molecular flexibility index (Phi) is 6.74. The molecule has 1 N–H and O–H groups in total. The highest BCUT2D eigenvalue weighted by molar-refractivity contribution is 6.68. The number of halogens is 2. The second-order valence-corrected chi connectivity index (χ2v) is 11.1. The molecule has 0 spiro atoms. The van der Waals surface area contributed by atoms with Crippen LogP contribution in [-0.4, -0.2) is 60.4 Å². The molecule has 3 fully saturated rings. The van der Waals surface area contributed by atoms with Crippen molar-refractivity contribution in [3.63, 3.8) is 0 Å². The van der Waals surface area contributed by atoms with Gasteiger partial charge in [-0.25, -0.2) is 9.59 Å². The average Bonchev–Trinajstić information content (AvgIpc) is 3.13. The number of nitrogens with one attached hydrogen (secondary N) is 1. The van der Waals surface area contributed by atoms with Gasteiger partial charge in [-0.15, -0.1) is 0 Å². The lowest BCUT2D eigenvalue weighted by molar-refractivity contribution is -0.850. The highest BCUT2D eigenvalue weighted by Gasteiger charge is 2.76. The quantitative estimate of drug-likeness (QED) is 0.537. The average molecular weight is 511 g/mol. The number of likely N-dealkylation sites (N-methyl/N-ethyl adjacent to an activating group) is 1. The molecule has 3 aliphatic rings. The largest absolute Gasteiger partial charge is 0.600 e. The van der Waals surface area contributed by atoms with E-state index < -0.39 is 30.5 Å². The number of quaternary nitrogens is 1. The van der Waals surface area contributed by atoms with Crippen molar-refractivity contribution in [1.82, 2.24) is 5.32 Å². The number of piperidine rings is 1. The Labute approximate surface area is 208 Å². The third kappa shape index (κ3) is 4.01.